The van der Waals surface area contributed by atoms with Gasteiger partial charge in [-0.3, -0.25) is 33.6 Å². The molecule has 12 rings (SSSR count). The number of hydrogen-bond acceptors (Lipinski definition) is 11. The van der Waals surface area contributed by atoms with Gasteiger partial charge in [-0.05, 0) is 76.2 Å². The molecule has 0 saturated heterocycles. The van der Waals surface area contributed by atoms with Gasteiger partial charge < -0.3 is 82.2 Å². The van der Waals surface area contributed by atoms with E-state index in [2.05, 4.69) is 56.5 Å². The number of benzene rings is 6. The van der Waals surface area contributed by atoms with Crippen molar-refractivity contribution in [3.8, 4) is 0 Å². The largest absolute Gasteiger partial charge is 0.379 e. The molecule has 6 aromatic heterocycles. The molecule has 23 nitrogen and oxygen atoms in total. The number of aromatic amines is 6. The summed E-state index contributed by atoms with van der Waals surface area (Å²) in [5.74, 6) is -5.50. The van der Waals surface area contributed by atoms with E-state index in [1.807, 2.05) is 152 Å². The average Bonchev–Trinajstić information content (AvgIpc) is 1.78. The third kappa shape index (κ3) is 16.8. The van der Waals surface area contributed by atoms with Gasteiger partial charge in [0.15, 0.2) is 0 Å². The van der Waals surface area contributed by atoms with Crippen molar-refractivity contribution in [2.24, 2.45) is 17.4 Å². The lowest BCUT2D eigenvalue weighted by atomic mass is 9.91. The standard InChI is InChI=1S/C76H81N13O10/c77-26-28-98-30-32-99-31-29-97-27-25-53(90)34-46(33-47-40-79-60-19-7-1-13-54(47)60)72(92)86-67(36-49-42-81-62-21-9-3-15-56(49)62)74(94)88-69(38-51-44-83-64-23-11-5-17-58(51)64)76(96)89-70(39-52-45-84-65-24-12-6-18-59(52)65)75(95)87-68(37-50-43-82-63-22-10-4-16-57(50)63)73(93)85-66(71(78)91)35-48-41-80-61-20-8-2-14-55(48)61/h1-24,40-46,66-70,79-84H,25-39,77H2,(H2,78,91)(H,85,93)(H,86,92)(H,87,95)(H,88,94)(H,89,96)/t46-,66-,67-,68+,69+,70-/m0/s1. The molecule has 15 N–H and O–H groups in total. The van der Waals surface area contributed by atoms with Crippen LogP contribution in [0.15, 0.2) is 183 Å². The van der Waals surface area contributed by atoms with Gasteiger partial charge in [0.2, 0.25) is 35.4 Å². The van der Waals surface area contributed by atoms with Crippen molar-refractivity contribution >= 4 is 107 Å². The van der Waals surface area contributed by atoms with E-state index in [1.165, 1.54) is 0 Å². The smallest absolute Gasteiger partial charge is 0.243 e. The molecule has 0 aliphatic heterocycles. The van der Waals surface area contributed by atoms with Crippen LogP contribution in [0.2, 0.25) is 0 Å². The summed E-state index contributed by atoms with van der Waals surface area (Å²) in [4.78, 5) is 124. The van der Waals surface area contributed by atoms with Gasteiger partial charge in [0.05, 0.1) is 39.6 Å². The molecule has 23 heteroatoms. The number of carbonyl (C=O) groups excluding carboxylic acids is 7. The minimum atomic E-state index is -1.41. The molecule has 12 aromatic rings. The molecular weight excluding hydrogens is 1250 g/mol. The highest BCUT2D eigenvalue weighted by Gasteiger charge is 2.36. The first kappa shape index (κ1) is 67.9. The number of fused-ring (bicyclic) bond motifs is 6. The van der Waals surface area contributed by atoms with Crippen LogP contribution in [0.5, 0.6) is 0 Å². The van der Waals surface area contributed by atoms with Gasteiger partial charge in [0, 0.05) is 160 Å². The van der Waals surface area contributed by atoms with Crippen molar-refractivity contribution in [1.29, 1.82) is 0 Å². The summed E-state index contributed by atoms with van der Waals surface area (Å²) in [5, 5.41) is 19.9. The molecule has 0 aliphatic rings. The summed E-state index contributed by atoms with van der Waals surface area (Å²) in [5.41, 5.74) is 20.6. The molecule has 0 saturated carbocycles. The normalized spacial score (nSPS) is 13.5. The summed E-state index contributed by atoms with van der Waals surface area (Å²) in [6.45, 7) is 2.23. The molecule has 6 aromatic carbocycles. The van der Waals surface area contributed by atoms with Gasteiger partial charge >= 0.3 is 0 Å². The molecule has 6 atom stereocenters. The SMILES string of the molecule is NCCOCCOCCOCCC(=O)C[C@H](Cc1c[nH]c2ccccc12)C(=O)N[C@@H](Cc1c[nH]c2ccccc12)C(=O)N[C@H](Cc1c[nH]c2ccccc12)C(=O)N[C@@H](Cc1c[nH]c2ccccc12)C(=O)N[C@H](Cc1c[nH]c2ccccc12)C(=O)N[C@@H](Cc1c[nH]c2ccccc12)C(N)=O. The third-order valence-corrected chi connectivity index (χ3v) is 18.2. The second kappa shape index (κ2) is 32.3. The van der Waals surface area contributed by atoms with Crippen LogP contribution in [0, 0.1) is 5.92 Å². The molecule has 0 fully saturated rings. The zero-order chi connectivity index (χ0) is 68.6. The summed E-state index contributed by atoms with van der Waals surface area (Å²) < 4.78 is 16.7. The van der Waals surface area contributed by atoms with Crippen LogP contribution in [0.25, 0.3) is 65.4 Å². The Kier molecular flexibility index (Phi) is 22.1. The lowest BCUT2D eigenvalue weighted by molar-refractivity contribution is -0.135. The highest BCUT2D eigenvalue weighted by molar-refractivity contribution is 5.99. The fourth-order valence-electron chi connectivity index (χ4n) is 13.1. The Hall–Kier alpha value is -11.1. The van der Waals surface area contributed by atoms with Crippen molar-refractivity contribution in [3.63, 3.8) is 0 Å². The van der Waals surface area contributed by atoms with E-state index in [-0.39, 0.29) is 70.4 Å². The number of Topliss-reactive ketones (excluding diaryl/α,β-unsaturated/α-hetero) is 1. The molecule has 510 valence electrons. The summed E-state index contributed by atoms with van der Waals surface area (Å²) >= 11 is 0. The van der Waals surface area contributed by atoms with Crippen LogP contribution < -0.4 is 38.1 Å². The van der Waals surface area contributed by atoms with E-state index >= 15 is 24.0 Å². The predicted molar refractivity (Wildman–Crippen MR) is 380 cm³/mol. The number of para-hydroxylation sites is 6. The Bertz CT molecular complexity index is 4810. The number of carbonyl (C=O) groups is 7. The Morgan fingerprint density at radius 3 is 0.879 bits per heavy atom. The molecule has 0 aliphatic carbocycles. The van der Waals surface area contributed by atoms with Gasteiger partial charge in [0.1, 0.15) is 36.0 Å². The number of rotatable bonds is 36. The number of aromatic nitrogens is 6. The first-order valence-electron chi connectivity index (χ1n) is 33.4. The van der Waals surface area contributed by atoms with Gasteiger partial charge in [-0.2, -0.15) is 0 Å². The molecule has 99 heavy (non-hydrogen) atoms. The van der Waals surface area contributed by atoms with Crippen LogP contribution in [-0.2, 0) is 86.3 Å². The Morgan fingerprint density at radius 1 is 0.323 bits per heavy atom. The Balaban J connectivity index is 0.847. The second-order valence-corrected chi connectivity index (χ2v) is 24.9. The van der Waals surface area contributed by atoms with Gasteiger partial charge in [-0.15, -0.1) is 0 Å². The highest BCUT2D eigenvalue weighted by Crippen LogP contribution is 2.28. The fourth-order valence-corrected chi connectivity index (χ4v) is 13.1. The quantitative estimate of drug-likeness (QED) is 0.0174. The number of hydrogen-bond donors (Lipinski definition) is 13. The minimum Gasteiger partial charge on any atom is -0.379 e. The lowest BCUT2D eigenvalue weighted by Gasteiger charge is -2.28. The topological polar surface area (TPSA) is 354 Å². The van der Waals surface area contributed by atoms with Crippen LogP contribution in [0.4, 0.5) is 0 Å². The van der Waals surface area contributed by atoms with Gasteiger partial charge in [0.25, 0.3) is 0 Å². The van der Waals surface area contributed by atoms with Crippen molar-refractivity contribution in [2.45, 2.75) is 81.6 Å². The van der Waals surface area contributed by atoms with Gasteiger partial charge in [-0.1, -0.05) is 109 Å². The maximum atomic E-state index is 15.8. The molecule has 0 bridgehead atoms. The third-order valence-electron chi connectivity index (χ3n) is 18.2. The van der Waals surface area contributed by atoms with E-state index in [1.54, 1.807) is 31.0 Å². The zero-order valence-electron chi connectivity index (χ0n) is 54.6. The fraction of sp³-hybridized carbons (Fsp3) is 0.276. The number of ether oxygens (including phenoxy) is 3. The molecule has 6 heterocycles. The summed E-state index contributed by atoms with van der Waals surface area (Å²) in [7, 11) is 0. The average molecular weight is 1340 g/mol. The predicted octanol–water partition coefficient (Wildman–Crippen LogP) is 7.21. The number of primary amides is 1. The highest BCUT2D eigenvalue weighted by atomic mass is 16.5. The van der Waals surface area contributed by atoms with Crippen molar-refractivity contribution in [2.75, 3.05) is 46.2 Å². The number of nitrogens with one attached hydrogen (secondary N) is 11. The number of nitrogens with two attached hydrogens (primary N) is 2. The van der Waals surface area contributed by atoms with E-state index < -0.39 is 71.6 Å². The molecular formula is C76H81N13O10. The summed E-state index contributed by atoms with van der Waals surface area (Å²) in [6, 6.07) is 38.6. The van der Waals surface area contributed by atoms with Crippen molar-refractivity contribution in [1.82, 2.24) is 56.5 Å². The van der Waals surface area contributed by atoms with Crippen molar-refractivity contribution < 1.29 is 47.8 Å². The zero-order valence-corrected chi connectivity index (χ0v) is 54.6. The Labute approximate surface area is 569 Å². The molecule has 0 spiro atoms. The van der Waals surface area contributed by atoms with E-state index in [9.17, 15) is 9.59 Å². The van der Waals surface area contributed by atoms with Crippen LogP contribution in [0.3, 0.4) is 0 Å². The summed E-state index contributed by atoms with van der Waals surface area (Å²) in [6.07, 6.45) is 10.4. The van der Waals surface area contributed by atoms with Crippen LogP contribution in [-0.4, -0.2) is 148 Å². The second-order valence-electron chi connectivity index (χ2n) is 24.9. The maximum Gasteiger partial charge on any atom is 0.243 e. The van der Waals surface area contributed by atoms with E-state index in [0.29, 0.717) is 55.2 Å². The van der Waals surface area contributed by atoms with Crippen LogP contribution >= 0.6 is 0 Å². The van der Waals surface area contributed by atoms with E-state index in [4.69, 9.17) is 25.7 Å². The number of H-pyrrole nitrogens is 6. The molecule has 0 radical (unpaired) electrons. The van der Waals surface area contributed by atoms with Gasteiger partial charge in [-0.25, -0.2) is 0 Å². The maximum absolute atomic E-state index is 15.8. The lowest BCUT2D eigenvalue weighted by Crippen LogP contribution is -2.60. The first-order valence-corrected chi connectivity index (χ1v) is 33.4. The number of amides is 6. The first-order chi connectivity index (χ1) is 48.3. The van der Waals surface area contributed by atoms with Crippen LogP contribution in [0.1, 0.15) is 46.2 Å². The molecule has 0 unspecified atom stereocenters. The molecule has 6 amide bonds. The van der Waals surface area contributed by atoms with E-state index in [0.717, 1.165) is 76.5 Å². The number of ketones is 1. The monoisotopic (exact) mass is 1340 g/mol. The van der Waals surface area contributed by atoms with Crippen molar-refractivity contribution in [3.05, 3.63) is 216 Å². The minimum absolute atomic E-state index is 0.0146. The Morgan fingerprint density at radius 2 is 0.576 bits per heavy atom.